The minimum absolute atomic E-state index is 0.578. The minimum Gasteiger partial charge on any atom is -0.459 e. The Hall–Kier alpha value is -3.13. The average molecular weight is 391 g/mol. The van der Waals surface area contributed by atoms with Crippen LogP contribution in [0.4, 0.5) is 17.5 Å². The molecule has 0 aliphatic carbocycles. The SMILES string of the molecule is CNCC1CCN(c2nc(Nc3ccc4c(cnn4C)c3)nc3ccoc23)CC1. The van der Waals surface area contributed by atoms with Crippen LogP contribution >= 0.6 is 0 Å². The molecule has 1 aliphatic heterocycles. The highest BCUT2D eigenvalue weighted by Gasteiger charge is 2.23. The highest BCUT2D eigenvalue weighted by molar-refractivity contribution is 5.87. The van der Waals surface area contributed by atoms with Crippen molar-refractivity contribution in [2.75, 3.05) is 36.9 Å². The largest absolute Gasteiger partial charge is 0.459 e. The number of furan rings is 1. The number of aromatic nitrogens is 4. The third-order valence-corrected chi connectivity index (χ3v) is 5.69. The summed E-state index contributed by atoms with van der Waals surface area (Å²) in [6, 6.07) is 8.03. The van der Waals surface area contributed by atoms with Gasteiger partial charge in [0, 0.05) is 37.3 Å². The van der Waals surface area contributed by atoms with Gasteiger partial charge in [-0.05, 0) is 50.6 Å². The molecule has 5 rings (SSSR count). The van der Waals surface area contributed by atoms with Gasteiger partial charge in [0.2, 0.25) is 5.95 Å². The molecule has 1 saturated heterocycles. The Balaban J connectivity index is 1.44. The normalized spacial score (nSPS) is 15.4. The van der Waals surface area contributed by atoms with Crippen molar-refractivity contribution in [3.05, 3.63) is 36.7 Å². The molecule has 4 heterocycles. The third-order valence-electron chi connectivity index (χ3n) is 5.69. The van der Waals surface area contributed by atoms with E-state index in [1.54, 1.807) is 6.26 Å². The van der Waals surface area contributed by atoms with E-state index in [4.69, 9.17) is 9.40 Å². The molecule has 3 aromatic heterocycles. The maximum Gasteiger partial charge on any atom is 0.229 e. The predicted molar refractivity (Wildman–Crippen MR) is 115 cm³/mol. The van der Waals surface area contributed by atoms with Crippen LogP contribution in [-0.4, -0.2) is 46.4 Å². The van der Waals surface area contributed by atoms with Crippen molar-refractivity contribution in [1.82, 2.24) is 25.1 Å². The average Bonchev–Trinajstić information content (AvgIpc) is 3.35. The Kier molecular flexibility index (Phi) is 4.55. The molecule has 1 aromatic carbocycles. The minimum atomic E-state index is 0.578. The fraction of sp³-hybridized carbons (Fsp3) is 0.381. The Morgan fingerprint density at radius 1 is 1.17 bits per heavy atom. The molecule has 1 fully saturated rings. The number of piperidine rings is 1. The first-order valence-corrected chi connectivity index (χ1v) is 10.0. The van der Waals surface area contributed by atoms with Crippen molar-refractivity contribution < 1.29 is 4.42 Å². The summed E-state index contributed by atoms with van der Waals surface area (Å²) in [5.74, 6) is 2.16. The maximum atomic E-state index is 5.72. The number of benzene rings is 1. The third kappa shape index (κ3) is 3.40. The van der Waals surface area contributed by atoms with Crippen molar-refractivity contribution in [3.63, 3.8) is 0 Å². The van der Waals surface area contributed by atoms with E-state index in [0.717, 1.165) is 66.0 Å². The molecule has 29 heavy (non-hydrogen) atoms. The van der Waals surface area contributed by atoms with Crippen molar-refractivity contribution in [2.24, 2.45) is 13.0 Å². The van der Waals surface area contributed by atoms with E-state index < -0.39 is 0 Å². The molecule has 2 N–H and O–H groups in total. The van der Waals surface area contributed by atoms with Gasteiger partial charge in [0.1, 0.15) is 5.52 Å². The van der Waals surface area contributed by atoms with E-state index >= 15 is 0 Å². The second kappa shape index (κ2) is 7.36. The molecule has 0 saturated carbocycles. The maximum absolute atomic E-state index is 5.72. The topological polar surface area (TPSA) is 84.0 Å². The Bertz CT molecular complexity index is 1140. The highest BCUT2D eigenvalue weighted by atomic mass is 16.3. The molecule has 8 heteroatoms. The van der Waals surface area contributed by atoms with Gasteiger partial charge < -0.3 is 20.0 Å². The molecule has 0 unspecified atom stereocenters. The van der Waals surface area contributed by atoms with Crippen LogP contribution in [-0.2, 0) is 7.05 Å². The summed E-state index contributed by atoms with van der Waals surface area (Å²) in [6.45, 7) is 3.01. The van der Waals surface area contributed by atoms with Gasteiger partial charge in [0.05, 0.1) is 18.0 Å². The number of aryl methyl sites for hydroxylation is 1. The van der Waals surface area contributed by atoms with Crippen LogP contribution in [0, 0.1) is 5.92 Å². The second-order valence-electron chi connectivity index (χ2n) is 7.66. The van der Waals surface area contributed by atoms with Crippen molar-refractivity contribution in [1.29, 1.82) is 0 Å². The van der Waals surface area contributed by atoms with Gasteiger partial charge in [-0.15, -0.1) is 0 Å². The zero-order valence-electron chi connectivity index (χ0n) is 16.7. The van der Waals surface area contributed by atoms with Gasteiger partial charge in [-0.3, -0.25) is 4.68 Å². The number of anilines is 3. The standard InChI is InChI=1S/C21H25N7O/c1-22-12-14-5-8-28(9-6-14)20-19-17(7-10-29-19)25-21(26-20)24-16-3-4-18-15(11-16)13-23-27(18)2/h3-4,7,10-11,13-14,22H,5-6,8-9,12H2,1-2H3,(H,24,25,26). The van der Waals surface area contributed by atoms with Crippen LogP contribution in [0.15, 0.2) is 41.1 Å². The van der Waals surface area contributed by atoms with Gasteiger partial charge in [0.25, 0.3) is 0 Å². The summed E-state index contributed by atoms with van der Waals surface area (Å²) in [5, 5.41) is 12.0. The number of hydrogen-bond donors (Lipinski definition) is 2. The van der Waals surface area contributed by atoms with E-state index in [1.807, 2.05) is 37.1 Å². The summed E-state index contributed by atoms with van der Waals surface area (Å²) in [6.07, 6.45) is 5.84. The number of nitrogens with one attached hydrogen (secondary N) is 2. The lowest BCUT2D eigenvalue weighted by molar-refractivity contribution is 0.392. The number of rotatable bonds is 5. The Morgan fingerprint density at radius 2 is 2.03 bits per heavy atom. The van der Waals surface area contributed by atoms with Crippen molar-refractivity contribution >= 4 is 39.5 Å². The van der Waals surface area contributed by atoms with E-state index in [-0.39, 0.29) is 0 Å². The molecular formula is C21H25N7O. The van der Waals surface area contributed by atoms with Crippen LogP contribution in [0.3, 0.4) is 0 Å². The lowest BCUT2D eigenvalue weighted by atomic mass is 9.97. The first-order chi connectivity index (χ1) is 14.2. The Morgan fingerprint density at radius 3 is 2.86 bits per heavy atom. The summed E-state index contributed by atoms with van der Waals surface area (Å²) in [4.78, 5) is 11.8. The summed E-state index contributed by atoms with van der Waals surface area (Å²) in [5.41, 5.74) is 3.60. The summed E-state index contributed by atoms with van der Waals surface area (Å²) in [7, 11) is 3.96. The quantitative estimate of drug-likeness (QED) is 0.540. The van der Waals surface area contributed by atoms with Gasteiger partial charge in [-0.2, -0.15) is 10.1 Å². The lowest BCUT2D eigenvalue weighted by Gasteiger charge is -2.32. The van der Waals surface area contributed by atoms with E-state index in [0.29, 0.717) is 11.9 Å². The van der Waals surface area contributed by atoms with Crippen molar-refractivity contribution in [2.45, 2.75) is 12.8 Å². The molecule has 0 atom stereocenters. The molecule has 1 aliphatic rings. The molecule has 150 valence electrons. The lowest BCUT2D eigenvalue weighted by Crippen LogP contribution is -2.37. The fourth-order valence-corrected chi connectivity index (χ4v) is 4.13. The zero-order valence-corrected chi connectivity index (χ0v) is 16.7. The monoisotopic (exact) mass is 391 g/mol. The summed E-state index contributed by atoms with van der Waals surface area (Å²) >= 11 is 0. The fourth-order valence-electron chi connectivity index (χ4n) is 4.13. The van der Waals surface area contributed by atoms with E-state index in [1.165, 1.54) is 0 Å². The van der Waals surface area contributed by atoms with E-state index in [9.17, 15) is 0 Å². The van der Waals surface area contributed by atoms with Crippen LogP contribution in [0.5, 0.6) is 0 Å². The molecular weight excluding hydrogens is 366 g/mol. The van der Waals surface area contributed by atoms with Gasteiger partial charge in [-0.1, -0.05) is 0 Å². The second-order valence-corrected chi connectivity index (χ2v) is 7.66. The first-order valence-electron chi connectivity index (χ1n) is 10.0. The van der Waals surface area contributed by atoms with Crippen LogP contribution < -0.4 is 15.5 Å². The summed E-state index contributed by atoms with van der Waals surface area (Å²) < 4.78 is 7.59. The molecule has 0 radical (unpaired) electrons. The highest BCUT2D eigenvalue weighted by Crippen LogP contribution is 2.30. The van der Waals surface area contributed by atoms with Crippen molar-refractivity contribution in [3.8, 4) is 0 Å². The molecule has 0 bridgehead atoms. The molecule has 0 amide bonds. The molecule has 0 spiro atoms. The first kappa shape index (κ1) is 17.9. The molecule has 8 nitrogen and oxygen atoms in total. The van der Waals surface area contributed by atoms with Gasteiger partial charge in [-0.25, -0.2) is 4.98 Å². The van der Waals surface area contributed by atoms with Crippen LogP contribution in [0.1, 0.15) is 12.8 Å². The van der Waals surface area contributed by atoms with Gasteiger partial charge in [0.15, 0.2) is 11.4 Å². The predicted octanol–water partition coefficient (Wildman–Crippen LogP) is 3.29. The molecule has 4 aromatic rings. The van der Waals surface area contributed by atoms with Crippen LogP contribution in [0.25, 0.3) is 22.0 Å². The smallest absolute Gasteiger partial charge is 0.229 e. The number of fused-ring (bicyclic) bond motifs is 2. The Labute approximate surface area is 168 Å². The van der Waals surface area contributed by atoms with Gasteiger partial charge >= 0.3 is 0 Å². The van der Waals surface area contributed by atoms with Crippen LogP contribution in [0.2, 0.25) is 0 Å². The van der Waals surface area contributed by atoms with E-state index in [2.05, 4.69) is 37.7 Å². The zero-order chi connectivity index (χ0) is 19.8. The number of nitrogens with zero attached hydrogens (tertiary/aromatic N) is 5. The number of hydrogen-bond acceptors (Lipinski definition) is 7.